The second-order valence-corrected chi connectivity index (χ2v) is 5.42. The smallest absolute Gasteiger partial charge is 0.111 e. The molecule has 1 aromatic carbocycles. The topological polar surface area (TPSA) is 24.9 Å². The zero-order chi connectivity index (χ0) is 10.8. The number of fused-ring (bicyclic) bond motifs is 1. The van der Waals surface area contributed by atoms with E-state index < -0.39 is 0 Å². The molecule has 0 saturated carbocycles. The van der Waals surface area contributed by atoms with Crippen LogP contribution in [0.5, 0.6) is 0 Å². The highest BCUT2D eigenvalue weighted by molar-refractivity contribution is 9.10. The van der Waals surface area contributed by atoms with E-state index in [4.69, 9.17) is 0 Å². The fourth-order valence-electron chi connectivity index (χ4n) is 1.50. The molecule has 0 saturated heterocycles. The average molecular weight is 285 g/mol. The van der Waals surface area contributed by atoms with E-state index in [0.717, 1.165) is 21.5 Å². The number of nitrogens with one attached hydrogen (secondary N) is 1. The minimum Gasteiger partial charge on any atom is -0.308 e. The SMILES string of the molecule is CCNC(C)c1nc2cc(Br)ccc2s1. The van der Waals surface area contributed by atoms with Crippen molar-refractivity contribution in [1.29, 1.82) is 0 Å². The number of aromatic nitrogens is 1. The predicted molar refractivity (Wildman–Crippen MR) is 69.4 cm³/mol. The number of thiazole rings is 1. The Morgan fingerprint density at radius 2 is 2.33 bits per heavy atom. The quantitative estimate of drug-likeness (QED) is 0.929. The van der Waals surface area contributed by atoms with Crippen molar-refractivity contribution in [2.45, 2.75) is 19.9 Å². The summed E-state index contributed by atoms with van der Waals surface area (Å²) < 4.78 is 2.33. The van der Waals surface area contributed by atoms with Crippen LogP contribution >= 0.6 is 27.3 Å². The van der Waals surface area contributed by atoms with E-state index in [0.29, 0.717) is 6.04 Å². The summed E-state index contributed by atoms with van der Waals surface area (Å²) in [5.74, 6) is 0. The molecule has 4 heteroatoms. The maximum atomic E-state index is 4.62. The van der Waals surface area contributed by atoms with Crippen LogP contribution < -0.4 is 5.32 Å². The highest BCUT2D eigenvalue weighted by Gasteiger charge is 2.10. The van der Waals surface area contributed by atoms with Crippen LogP contribution in [0, 0.1) is 0 Å². The summed E-state index contributed by atoms with van der Waals surface area (Å²) in [5.41, 5.74) is 1.08. The molecule has 2 aromatic rings. The van der Waals surface area contributed by atoms with Crippen LogP contribution in [-0.2, 0) is 0 Å². The van der Waals surface area contributed by atoms with Gasteiger partial charge in [0.05, 0.1) is 16.3 Å². The zero-order valence-corrected chi connectivity index (χ0v) is 11.2. The van der Waals surface area contributed by atoms with Crippen molar-refractivity contribution in [3.63, 3.8) is 0 Å². The van der Waals surface area contributed by atoms with Gasteiger partial charge >= 0.3 is 0 Å². The van der Waals surface area contributed by atoms with Crippen molar-refractivity contribution in [3.05, 3.63) is 27.7 Å². The number of nitrogens with zero attached hydrogens (tertiary/aromatic N) is 1. The largest absolute Gasteiger partial charge is 0.308 e. The molecule has 1 unspecified atom stereocenters. The third-order valence-corrected chi connectivity index (χ3v) is 3.96. The fraction of sp³-hybridized carbons (Fsp3) is 0.364. The van der Waals surface area contributed by atoms with E-state index in [2.05, 4.69) is 58.3 Å². The Bertz CT molecular complexity index is 467. The maximum absolute atomic E-state index is 4.62. The normalized spacial score (nSPS) is 13.3. The van der Waals surface area contributed by atoms with Crippen LogP contribution in [0.2, 0.25) is 0 Å². The second-order valence-electron chi connectivity index (χ2n) is 3.44. The van der Waals surface area contributed by atoms with Gasteiger partial charge in [0.25, 0.3) is 0 Å². The third kappa shape index (κ3) is 2.38. The second kappa shape index (κ2) is 4.60. The summed E-state index contributed by atoms with van der Waals surface area (Å²) in [4.78, 5) is 4.62. The van der Waals surface area contributed by atoms with E-state index in [-0.39, 0.29) is 0 Å². The molecule has 0 aliphatic rings. The summed E-state index contributed by atoms with van der Waals surface area (Å²) in [5, 5.41) is 4.53. The van der Waals surface area contributed by atoms with Gasteiger partial charge in [-0.05, 0) is 31.7 Å². The Hall–Kier alpha value is -0.450. The van der Waals surface area contributed by atoms with Gasteiger partial charge in [-0.3, -0.25) is 0 Å². The molecule has 0 amide bonds. The van der Waals surface area contributed by atoms with Crippen molar-refractivity contribution in [2.75, 3.05) is 6.54 Å². The Labute approximate surface area is 102 Å². The molecule has 0 aliphatic carbocycles. The van der Waals surface area contributed by atoms with Crippen molar-refractivity contribution < 1.29 is 0 Å². The van der Waals surface area contributed by atoms with E-state index in [9.17, 15) is 0 Å². The van der Waals surface area contributed by atoms with Crippen LogP contribution in [0.15, 0.2) is 22.7 Å². The molecule has 0 fully saturated rings. The third-order valence-electron chi connectivity index (χ3n) is 2.25. The number of hydrogen-bond acceptors (Lipinski definition) is 3. The van der Waals surface area contributed by atoms with Gasteiger partial charge in [-0.15, -0.1) is 11.3 Å². The number of hydrogen-bond donors (Lipinski definition) is 1. The molecule has 0 bridgehead atoms. The molecule has 2 nitrogen and oxygen atoms in total. The molecule has 0 spiro atoms. The summed E-state index contributed by atoms with van der Waals surface area (Å²) in [6.07, 6.45) is 0. The summed E-state index contributed by atoms with van der Waals surface area (Å²) in [6, 6.07) is 6.57. The molecule has 15 heavy (non-hydrogen) atoms. The number of rotatable bonds is 3. The van der Waals surface area contributed by atoms with Gasteiger partial charge in [0.1, 0.15) is 5.01 Å². The zero-order valence-electron chi connectivity index (χ0n) is 8.75. The molecule has 1 aromatic heterocycles. The predicted octanol–water partition coefficient (Wildman–Crippen LogP) is 3.73. The van der Waals surface area contributed by atoms with E-state index in [1.165, 1.54) is 4.70 Å². The van der Waals surface area contributed by atoms with E-state index in [1.807, 2.05) is 0 Å². The Kier molecular flexibility index (Phi) is 3.38. The molecule has 1 N–H and O–H groups in total. The van der Waals surface area contributed by atoms with Crippen LogP contribution in [0.25, 0.3) is 10.2 Å². The fourth-order valence-corrected chi connectivity index (χ4v) is 2.82. The number of benzene rings is 1. The average Bonchev–Trinajstić information content (AvgIpc) is 2.60. The van der Waals surface area contributed by atoms with Crippen molar-refractivity contribution in [3.8, 4) is 0 Å². The summed E-state index contributed by atoms with van der Waals surface area (Å²) in [7, 11) is 0. The van der Waals surface area contributed by atoms with Crippen LogP contribution in [0.4, 0.5) is 0 Å². The van der Waals surface area contributed by atoms with Crippen LogP contribution in [-0.4, -0.2) is 11.5 Å². The monoisotopic (exact) mass is 284 g/mol. The van der Waals surface area contributed by atoms with Crippen LogP contribution in [0.3, 0.4) is 0 Å². The first-order valence-electron chi connectivity index (χ1n) is 5.00. The van der Waals surface area contributed by atoms with E-state index >= 15 is 0 Å². The minimum atomic E-state index is 0.339. The highest BCUT2D eigenvalue weighted by atomic mass is 79.9. The molecular formula is C11H13BrN2S. The number of halogens is 1. The van der Waals surface area contributed by atoms with Gasteiger partial charge < -0.3 is 5.32 Å². The molecule has 0 radical (unpaired) electrons. The lowest BCUT2D eigenvalue weighted by molar-refractivity contribution is 0.596. The maximum Gasteiger partial charge on any atom is 0.111 e. The lowest BCUT2D eigenvalue weighted by Crippen LogP contribution is -2.17. The minimum absolute atomic E-state index is 0.339. The van der Waals surface area contributed by atoms with Crippen LogP contribution in [0.1, 0.15) is 24.9 Å². The van der Waals surface area contributed by atoms with Crippen molar-refractivity contribution in [1.82, 2.24) is 10.3 Å². The molecule has 1 atom stereocenters. The highest BCUT2D eigenvalue weighted by Crippen LogP contribution is 2.28. The molecule has 1 heterocycles. The Balaban J connectivity index is 2.38. The van der Waals surface area contributed by atoms with Gasteiger partial charge in [0, 0.05) is 4.47 Å². The summed E-state index contributed by atoms with van der Waals surface area (Å²) in [6.45, 7) is 5.23. The van der Waals surface area contributed by atoms with Gasteiger partial charge in [-0.1, -0.05) is 22.9 Å². The molecule has 2 rings (SSSR count). The molecular weight excluding hydrogens is 272 g/mol. The van der Waals surface area contributed by atoms with Gasteiger partial charge in [-0.2, -0.15) is 0 Å². The van der Waals surface area contributed by atoms with Crippen molar-refractivity contribution >= 4 is 37.5 Å². The van der Waals surface area contributed by atoms with Crippen molar-refractivity contribution in [2.24, 2.45) is 0 Å². The lowest BCUT2D eigenvalue weighted by atomic mass is 10.3. The first-order chi connectivity index (χ1) is 7.20. The molecule has 0 aliphatic heterocycles. The van der Waals surface area contributed by atoms with Gasteiger partial charge in [-0.25, -0.2) is 4.98 Å². The lowest BCUT2D eigenvalue weighted by Gasteiger charge is -2.07. The van der Waals surface area contributed by atoms with Gasteiger partial charge in [0.15, 0.2) is 0 Å². The Morgan fingerprint density at radius 1 is 1.53 bits per heavy atom. The Morgan fingerprint density at radius 3 is 3.07 bits per heavy atom. The standard InChI is InChI=1S/C11H13BrN2S/c1-3-13-7(2)11-14-9-6-8(12)4-5-10(9)15-11/h4-7,13H,3H2,1-2H3. The summed E-state index contributed by atoms with van der Waals surface area (Å²) >= 11 is 5.22. The van der Waals surface area contributed by atoms with Gasteiger partial charge in [0.2, 0.25) is 0 Å². The first-order valence-corrected chi connectivity index (χ1v) is 6.61. The first kappa shape index (κ1) is 11.0. The van der Waals surface area contributed by atoms with E-state index in [1.54, 1.807) is 11.3 Å². The molecule has 80 valence electrons.